The number of aliphatic hydroxyl groups is 2. The van der Waals surface area contributed by atoms with Gasteiger partial charge >= 0.3 is 0 Å². The number of aryl methyl sites for hydroxylation is 1. The third-order valence-electron chi connectivity index (χ3n) is 6.81. The molecule has 0 unspecified atom stereocenters. The zero-order chi connectivity index (χ0) is 25.2. The second-order valence-electron chi connectivity index (χ2n) is 9.53. The third kappa shape index (κ3) is 5.68. The number of aromatic nitrogens is 1. The van der Waals surface area contributed by atoms with Gasteiger partial charge in [-0.15, -0.1) is 11.3 Å². The van der Waals surface area contributed by atoms with Crippen LogP contribution in [0.5, 0.6) is 5.75 Å². The number of nitrogens with one attached hydrogen (secondary N) is 1. The molecule has 192 valence electrons. The second-order valence-corrected chi connectivity index (χ2v) is 10.8. The molecule has 1 aromatic heterocycles. The van der Waals surface area contributed by atoms with Gasteiger partial charge in [0, 0.05) is 45.2 Å². The van der Waals surface area contributed by atoms with Crippen LogP contribution in [0.3, 0.4) is 0 Å². The SMILES string of the molecule is Cc1nc2cc(OC[C@H](O)CN3CCN(CC(=O)N[C@H]4c5cccc(F)c5C[C@@H]4O)CC3)ccc2s1. The van der Waals surface area contributed by atoms with Crippen LogP contribution < -0.4 is 10.1 Å². The molecule has 0 spiro atoms. The molecule has 0 radical (unpaired) electrons. The van der Waals surface area contributed by atoms with Gasteiger partial charge in [0.1, 0.15) is 24.3 Å². The molecule has 1 aliphatic carbocycles. The molecular weight excluding hydrogens is 483 g/mol. The number of thiazole rings is 1. The van der Waals surface area contributed by atoms with Crippen molar-refractivity contribution in [1.82, 2.24) is 20.1 Å². The molecule has 0 saturated carbocycles. The highest BCUT2D eigenvalue weighted by Crippen LogP contribution is 2.33. The zero-order valence-electron chi connectivity index (χ0n) is 20.2. The van der Waals surface area contributed by atoms with Crippen molar-refractivity contribution >= 4 is 27.5 Å². The molecule has 3 N–H and O–H groups in total. The molecular formula is C26H31FN4O4S. The Morgan fingerprint density at radius 2 is 2.03 bits per heavy atom. The van der Waals surface area contributed by atoms with E-state index < -0.39 is 18.2 Å². The molecule has 2 aliphatic rings. The highest BCUT2D eigenvalue weighted by Gasteiger charge is 2.34. The molecule has 8 nitrogen and oxygen atoms in total. The minimum atomic E-state index is -0.825. The molecule has 1 aliphatic heterocycles. The third-order valence-corrected chi connectivity index (χ3v) is 7.77. The lowest BCUT2D eigenvalue weighted by Gasteiger charge is -2.35. The summed E-state index contributed by atoms with van der Waals surface area (Å²) in [6.07, 6.45) is -1.25. The number of ether oxygens (including phenoxy) is 1. The number of benzene rings is 2. The molecule has 1 amide bonds. The number of rotatable bonds is 8. The van der Waals surface area contributed by atoms with Crippen LogP contribution in [0.4, 0.5) is 4.39 Å². The van der Waals surface area contributed by atoms with E-state index in [4.69, 9.17) is 4.74 Å². The van der Waals surface area contributed by atoms with Gasteiger partial charge in [-0.3, -0.25) is 14.6 Å². The van der Waals surface area contributed by atoms with Gasteiger partial charge in [0.15, 0.2) is 0 Å². The van der Waals surface area contributed by atoms with Crippen LogP contribution in [0.2, 0.25) is 0 Å². The van der Waals surface area contributed by atoms with Gasteiger partial charge in [-0.1, -0.05) is 12.1 Å². The van der Waals surface area contributed by atoms with E-state index in [1.807, 2.05) is 30.0 Å². The molecule has 3 atom stereocenters. The first-order valence-corrected chi connectivity index (χ1v) is 13.0. The lowest BCUT2D eigenvalue weighted by Crippen LogP contribution is -2.51. The maximum Gasteiger partial charge on any atom is 0.234 e. The first-order chi connectivity index (χ1) is 17.4. The van der Waals surface area contributed by atoms with Crippen LogP contribution >= 0.6 is 11.3 Å². The number of piperazine rings is 1. The largest absolute Gasteiger partial charge is 0.491 e. The van der Waals surface area contributed by atoms with Crippen molar-refractivity contribution in [3.8, 4) is 5.75 Å². The number of carbonyl (C=O) groups is 1. The van der Waals surface area contributed by atoms with E-state index in [-0.39, 0.29) is 31.3 Å². The number of halogens is 1. The van der Waals surface area contributed by atoms with E-state index in [0.717, 1.165) is 28.3 Å². The second kappa shape index (κ2) is 10.8. The maximum atomic E-state index is 14.0. The van der Waals surface area contributed by atoms with Crippen LogP contribution in [0.1, 0.15) is 22.2 Å². The summed E-state index contributed by atoms with van der Waals surface area (Å²) in [5, 5.41) is 24.7. The quantitative estimate of drug-likeness (QED) is 0.422. The number of carbonyl (C=O) groups excluding carboxylic acids is 1. The Bertz CT molecular complexity index is 1230. The molecule has 2 heterocycles. The Morgan fingerprint density at radius 3 is 2.83 bits per heavy atom. The minimum absolute atomic E-state index is 0.190. The van der Waals surface area contributed by atoms with Gasteiger partial charge in [-0.2, -0.15) is 0 Å². The lowest BCUT2D eigenvalue weighted by molar-refractivity contribution is -0.124. The van der Waals surface area contributed by atoms with Gasteiger partial charge in [-0.05, 0) is 36.2 Å². The van der Waals surface area contributed by atoms with E-state index >= 15 is 0 Å². The number of fused-ring (bicyclic) bond motifs is 2. The molecule has 3 aromatic rings. The average Bonchev–Trinajstić information content (AvgIpc) is 3.38. The Labute approximate surface area is 213 Å². The predicted molar refractivity (Wildman–Crippen MR) is 136 cm³/mol. The highest BCUT2D eigenvalue weighted by molar-refractivity contribution is 7.18. The van der Waals surface area contributed by atoms with Crippen molar-refractivity contribution in [2.75, 3.05) is 45.9 Å². The molecule has 36 heavy (non-hydrogen) atoms. The predicted octanol–water partition coefficient (Wildman–Crippen LogP) is 1.88. The normalized spacial score (nSPS) is 21.4. The molecule has 0 bridgehead atoms. The summed E-state index contributed by atoms with van der Waals surface area (Å²) in [4.78, 5) is 21.3. The van der Waals surface area contributed by atoms with Crippen LogP contribution in [0.15, 0.2) is 36.4 Å². The van der Waals surface area contributed by atoms with Gasteiger partial charge in [0.05, 0.1) is 33.9 Å². The summed E-state index contributed by atoms with van der Waals surface area (Å²) in [7, 11) is 0. The molecule has 2 aromatic carbocycles. The summed E-state index contributed by atoms with van der Waals surface area (Å²) >= 11 is 1.64. The van der Waals surface area contributed by atoms with Crippen LogP contribution in [-0.2, 0) is 11.2 Å². The van der Waals surface area contributed by atoms with E-state index in [1.54, 1.807) is 23.5 Å². The minimum Gasteiger partial charge on any atom is -0.491 e. The van der Waals surface area contributed by atoms with Crippen molar-refractivity contribution in [2.45, 2.75) is 31.6 Å². The topological polar surface area (TPSA) is 98.2 Å². The lowest BCUT2D eigenvalue weighted by atomic mass is 10.1. The summed E-state index contributed by atoms with van der Waals surface area (Å²) in [5.74, 6) is 0.161. The van der Waals surface area contributed by atoms with Crippen LogP contribution in [0, 0.1) is 12.7 Å². The van der Waals surface area contributed by atoms with Gasteiger partial charge < -0.3 is 20.3 Å². The summed E-state index contributed by atoms with van der Waals surface area (Å²) in [6.45, 7) is 5.73. The maximum absolute atomic E-state index is 14.0. The Morgan fingerprint density at radius 1 is 1.25 bits per heavy atom. The standard InChI is InChI=1S/C26H31FN4O4S/c1-16-28-22-11-18(5-6-24(22)36-16)35-15-17(32)13-30-7-9-31(10-8-30)14-25(34)29-26-19-3-2-4-21(27)20(19)12-23(26)33/h2-6,11,17,23,26,32-33H,7-10,12-15H2,1H3,(H,29,34)/t17-,23+,26+/m1/s1. The van der Waals surface area contributed by atoms with Crippen molar-refractivity contribution < 1.29 is 24.1 Å². The van der Waals surface area contributed by atoms with Crippen molar-refractivity contribution in [1.29, 1.82) is 0 Å². The Kier molecular flexibility index (Phi) is 7.49. The van der Waals surface area contributed by atoms with Crippen LogP contribution in [-0.4, -0.2) is 89.0 Å². The van der Waals surface area contributed by atoms with E-state index in [9.17, 15) is 19.4 Å². The highest BCUT2D eigenvalue weighted by atomic mass is 32.1. The van der Waals surface area contributed by atoms with Gasteiger partial charge in [0.2, 0.25) is 5.91 Å². The number of hydrogen-bond acceptors (Lipinski definition) is 8. The van der Waals surface area contributed by atoms with Gasteiger partial charge in [0.25, 0.3) is 0 Å². The van der Waals surface area contributed by atoms with Gasteiger partial charge in [-0.25, -0.2) is 9.37 Å². The molecule has 5 rings (SSSR count). The fraction of sp³-hybridized carbons (Fsp3) is 0.462. The molecule has 10 heteroatoms. The first kappa shape index (κ1) is 25.0. The molecule has 1 saturated heterocycles. The Balaban J connectivity index is 1.04. The van der Waals surface area contributed by atoms with E-state index in [0.29, 0.717) is 36.5 Å². The summed E-state index contributed by atoms with van der Waals surface area (Å²) in [5.41, 5.74) is 2.03. The molecule has 1 fully saturated rings. The van der Waals surface area contributed by atoms with E-state index in [2.05, 4.69) is 15.2 Å². The average molecular weight is 515 g/mol. The van der Waals surface area contributed by atoms with Crippen molar-refractivity contribution in [3.63, 3.8) is 0 Å². The fourth-order valence-corrected chi connectivity index (χ4v) is 5.81. The number of aliphatic hydroxyl groups excluding tert-OH is 2. The van der Waals surface area contributed by atoms with Crippen molar-refractivity contribution in [2.24, 2.45) is 0 Å². The van der Waals surface area contributed by atoms with Crippen LogP contribution in [0.25, 0.3) is 10.2 Å². The van der Waals surface area contributed by atoms with Crippen molar-refractivity contribution in [3.05, 3.63) is 58.3 Å². The number of nitrogens with zero attached hydrogens (tertiary/aromatic N) is 3. The van der Waals surface area contributed by atoms with E-state index in [1.165, 1.54) is 6.07 Å². The first-order valence-electron chi connectivity index (χ1n) is 12.2. The number of amides is 1. The number of β-amino-alcohol motifs (C(OH)–C–C–N with tert-alkyl or cyclic N) is 1. The Hall–Kier alpha value is -2.63. The summed E-state index contributed by atoms with van der Waals surface area (Å²) < 4.78 is 20.9. The smallest absolute Gasteiger partial charge is 0.234 e. The summed E-state index contributed by atoms with van der Waals surface area (Å²) in [6, 6.07) is 9.93. The monoisotopic (exact) mass is 514 g/mol. The zero-order valence-corrected chi connectivity index (χ0v) is 21.0. The fourth-order valence-electron chi connectivity index (χ4n) is 5.00. The number of hydrogen-bond donors (Lipinski definition) is 3.